The van der Waals surface area contributed by atoms with Gasteiger partial charge in [-0.05, 0) is 32.1 Å². The Bertz CT molecular complexity index is 160. The first-order valence-electron chi connectivity index (χ1n) is 5.64. The van der Waals surface area contributed by atoms with Crippen LogP contribution in [0.1, 0.15) is 60.3 Å². The highest BCUT2D eigenvalue weighted by atomic mass is 19.3. The average molecular weight is 206 g/mol. The Labute approximate surface area is 87.1 Å². The van der Waals surface area contributed by atoms with E-state index < -0.39 is 11.3 Å². The Kier molecular flexibility index (Phi) is 5.03. The molecule has 0 nitrogen and oxygen atoms in total. The second-order valence-corrected chi connectivity index (χ2v) is 4.85. The van der Waals surface area contributed by atoms with Gasteiger partial charge < -0.3 is 0 Å². The van der Waals surface area contributed by atoms with Gasteiger partial charge in [0.1, 0.15) is 0 Å². The van der Waals surface area contributed by atoms with Crippen molar-refractivity contribution in [2.75, 3.05) is 0 Å². The van der Waals surface area contributed by atoms with E-state index in [2.05, 4.69) is 13.8 Å². The maximum Gasteiger partial charge on any atom is 0.250 e. The van der Waals surface area contributed by atoms with Crippen LogP contribution < -0.4 is 0 Å². The lowest BCUT2D eigenvalue weighted by atomic mass is 9.76. The molecule has 0 bridgehead atoms. The zero-order valence-electron chi connectivity index (χ0n) is 10.2. The van der Waals surface area contributed by atoms with Crippen LogP contribution in [-0.2, 0) is 0 Å². The summed E-state index contributed by atoms with van der Waals surface area (Å²) in [5.74, 6) is -2.00. The molecule has 0 N–H and O–H groups in total. The molecule has 0 aromatic heterocycles. The minimum absolute atomic E-state index is 0.549. The van der Waals surface area contributed by atoms with Crippen LogP contribution in [0.4, 0.5) is 8.78 Å². The number of hydrogen-bond acceptors (Lipinski definition) is 0. The van der Waals surface area contributed by atoms with Gasteiger partial charge in [-0.3, -0.25) is 0 Å². The fraction of sp³-hybridized carbons (Fsp3) is 1.00. The standard InChI is InChI=1S/C12H24F2/c1-6-10(3)8-9-11(4,7-2)12(5,13)14/h10H,6-9H2,1-5H3. The molecule has 2 atom stereocenters. The summed E-state index contributed by atoms with van der Waals surface area (Å²) >= 11 is 0. The number of halogens is 2. The van der Waals surface area contributed by atoms with Crippen molar-refractivity contribution >= 4 is 0 Å². The van der Waals surface area contributed by atoms with Gasteiger partial charge in [-0.2, -0.15) is 0 Å². The van der Waals surface area contributed by atoms with E-state index in [0.717, 1.165) is 19.8 Å². The summed E-state index contributed by atoms with van der Waals surface area (Å²) in [5.41, 5.74) is -0.823. The quantitative estimate of drug-likeness (QED) is 0.580. The molecule has 0 amide bonds. The predicted molar refractivity (Wildman–Crippen MR) is 57.7 cm³/mol. The van der Waals surface area contributed by atoms with Crippen molar-refractivity contribution in [1.29, 1.82) is 0 Å². The van der Waals surface area contributed by atoms with Gasteiger partial charge in [-0.1, -0.05) is 34.1 Å². The molecule has 0 aliphatic carbocycles. The topological polar surface area (TPSA) is 0 Å². The molecule has 0 radical (unpaired) electrons. The Balaban J connectivity index is 4.27. The van der Waals surface area contributed by atoms with Gasteiger partial charge in [0.25, 0.3) is 5.92 Å². The Morgan fingerprint density at radius 1 is 1.14 bits per heavy atom. The van der Waals surface area contributed by atoms with E-state index in [1.165, 1.54) is 0 Å². The Morgan fingerprint density at radius 3 is 1.93 bits per heavy atom. The van der Waals surface area contributed by atoms with Crippen LogP contribution in [0.3, 0.4) is 0 Å². The first-order valence-corrected chi connectivity index (χ1v) is 5.64. The van der Waals surface area contributed by atoms with E-state index in [-0.39, 0.29) is 0 Å². The van der Waals surface area contributed by atoms with Gasteiger partial charge in [0.2, 0.25) is 0 Å². The highest BCUT2D eigenvalue weighted by Crippen LogP contribution is 2.43. The third kappa shape index (κ3) is 3.55. The molecule has 0 heterocycles. The molecule has 86 valence electrons. The largest absolute Gasteiger partial charge is 0.250 e. The van der Waals surface area contributed by atoms with Gasteiger partial charge in [0, 0.05) is 5.41 Å². The van der Waals surface area contributed by atoms with Crippen molar-refractivity contribution in [3.8, 4) is 0 Å². The van der Waals surface area contributed by atoms with Crippen LogP contribution in [0.2, 0.25) is 0 Å². The molecule has 2 heteroatoms. The molecule has 0 rings (SSSR count). The first-order chi connectivity index (χ1) is 6.27. The maximum atomic E-state index is 13.3. The molecule has 0 fully saturated rings. The molecule has 0 aliphatic rings. The second-order valence-electron chi connectivity index (χ2n) is 4.85. The number of alkyl halides is 2. The summed E-state index contributed by atoms with van der Waals surface area (Å²) in [5, 5.41) is 0. The molecule has 0 spiro atoms. The lowest BCUT2D eigenvalue weighted by Gasteiger charge is -2.35. The van der Waals surface area contributed by atoms with Crippen molar-refractivity contribution in [3.63, 3.8) is 0 Å². The minimum Gasteiger partial charge on any atom is -0.207 e. The summed E-state index contributed by atoms with van der Waals surface area (Å²) in [6.07, 6.45) is 3.16. The van der Waals surface area contributed by atoms with E-state index >= 15 is 0 Å². The molecule has 14 heavy (non-hydrogen) atoms. The smallest absolute Gasteiger partial charge is 0.207 e. The molecular weight excluding hydrogens is 182 g/mol. The second kappa shape index (κ2) is 5.09. The third-order valence-electron chi connectivity index (χ3n) is 3.73. The van der Waals surface area contributed by atoms with Gasteiger partial charge in [-0.25, -0.2) is 8.78 Å². The van der Waals surface area contributed by atoms with Crippen molar-refractivity contribution in [1.82, 2.24) is 0 Å². The lowest BCUT2D eigenvalue weighted by molar-refractivity contribution is -0.106. The van der Waals surface area contributed by atoms with Gasteiger partial charge >= 0.3 is 0 Å². The highest BCUT2D eigenvalue weighted by Gasteiger charge is 2.43. The van der Waals surface area contributed by atoms with Gasteiger partial charge in [0.05, 0.1) is 0 Å². The minimum atomic E-state index is -2.56. The van der Waals surface area contributed by atoms with Crippen LogP contribution in [0.5, 0.6) is 0 Å². The zero-order valence-corrected chi connectivity index (χ0v) is 10.2. The van der Waals surface area contributed by atoms with E-state index in [4.69, 9.17) is 0 Å². The van der Waals surface area contributed by atoms with Crippen LogP contribution in [0, 0.1) is 11.3 Å². The third-order valence-corrected chi connectivity index (χ3v) is 3.73. The molecule has 2 unspecified atom stereocenters. The van der Waals surface area contributed by atoms with E-state index in [1.54, 1.807) is 6.92 Å². The van der Waals surface area contributed by atoms with Crippen LogP contribution in [0.25, 0.3) is 0 Å². The Hall–Kier alpha value is -0.140. The monoisotopic (exact) mass is 206 g/mol. The van der Waals surface area contributed by atoms with Crippen molar-refractivity contribution in [3.05, 3.63) is 0 Å². The lowest BCUT2D eigenvalue weighted by Crippen LogP contribution is -2.36. The maximum absolute atomic E-state index is 13.3. The van der Waals surface area contributed by atoms with Gasteiger partial charge in [-0.15, -0.1) is 0 Å². The normalized spacial score (nSPS) is 19.1. The molecule has 0 aromatic carbocycles. The summed E-state index contributed by atoms with van der Waals surface area (Å²) in [6, 6.07) is 0. The fourth-order valence-electron chi connectivity index (χ4n) is 1.48. The van der Waals surface area contributed by atoms with E-state index in [1.807, 2.05) is 6.92 Å². The van der Waals surface area contributed by atoms with E-state index in [0.29, 0.717) is 18.8 Å². The van der Waals surface area contributed by atoms with Crippen molar-refractivity contribution < 1.29 is 8.78 Å². The summed E-state index contributed by atoms with van der Waals surface area (Å²) in [7, 11) is 0. The number of hydrogen-bond donors (Lipinski definition) is 0. The summed E-state index contributed by atoms with van der Waals surface area (Å²) in [4.78, 5) is 0. The highest BCUT2D eigenvalue weighted by molar-refractivity contribution is 4.84. The van der Waals surface area contributed by atoms with Crippen LogP contribution in [-0.4, -0.2) is 5.92 Å². The predicted octanol–water partition coefficient (Wildman–Crippen LogP) is 4.88. The SMILES string of the molecule is CCC(C)CCC(C)(CC)C(C)(F)F. The van der Waals surface area contributed by atoms with Crippen LogP contribution in [0.15, 0.2) is 0 Å². The number of rotatable bonds is 6. The summed E-state index contributed by atoms with van der Waals surface area (Å²) in [6.45, 7) is 8.85. The fourth-order valence-corrected chi connectivity index (χ4v) is 1.48. The van der Waals surface area contributed by atoms with Crippen molar-refractivity contribution in [2.24, 2.45) is 11.3 Å². The first kappa shape index (κ1) is 13.9. The average Bonchev–Trinajstić information content (AvgIpc) is 2.11. The Morgan fingerprint density at radius 2 is 1.64 bits per heavy atom. The molecule has 0 aromatic rings. The van der Waals surface area contributed by atoms with E-state index in [9.17, 15) is 8.78 Å². The van der Waals surface area contributed by atoms with Gasteiger partial charge in [0.15, 0.2) is 0 Å². The molecule has 0 saturated heterocycles. The molecular formula is C12H24F2. The summed E-state index contributed by atoms with van der Waals surface area (Å²) < 4.78 is 26.7. The van der Waals surface area contributed by atoms with Crippen LogP contribution >= 0.6 is 0 Å². The molecule has 0 aliphatic heterocycles. The molecule has 0 saturated carbocycles. The zero-order chi connectivity index (χ0) is 11.4. The van der Waals surface area contributed by atoms with Crippen molar-refractivity contribution in [2.45, 2.75) is 66.2 Å².